The highest BCUT2D eigenvalue weighted by Crippen LogP contribution is 2.41. The van der Waals surface area contributed by atoms with Gasteiger partial charge in [-0.2, -0.15) is 10.5 Å². The molecule has 0 bridgehead atoms. The normalized spacial score (nSPS) is 17.4. The number of rotatable bonds is 14. The topological polar surface area (TPSA) is 47.6 Å². The van der Waals surface area contributed by atoms with E-state index < -0.39 is 0 Å². The molecule has 1 aliphatic rings. The van der Waals surface area contributed by atoms with E-state index in [1.54, 1.807) is 0 Å². The molecular weight excluding hydrogens is 436 g/mol. The number of aryl methyl sites for hydroxylation is 1. The third kappa shape index (κ3) is 7.96. The van der Waals surface area contributed by atoms with E-state index in [1.807, 2.05) is 0 Å². The molecule has 1 saturated carbocycles. The zero-order chi connectivity index (χ0) is 25.6. The first kappa shape index (κ1) is 28.0. The summed E-state index contributed by atoms with van der Waals surface area (Å²) in [5.41, 5.74) is 5.55. The fraction of sp³-hybridized carbons (Fsp3) is 0.588. The number of benzene rings is 2. The maximum atomic E-state index is 10.1. The maximum absolute atomic E-state index is 10.1. The van der Waals surface area contributed by atoms with Crippen LogP contribution < -0.4 is 0 Å². The third-order valence-corrected chi connectivity index (χ3v) is 8.30. The first-order valence-corrected chi connectivity index (χ1v) is 14.8. The Balaban J connectivity index is 1.64. The van der Waals surface area contributed by atoms with Crippen molar-refractivity contribution in [2.75, 3.05) is 0 Å². The molecule has 2 nitrogen and oxygen atoms in total. The van der Waals surface area contributed by atoms with Crippen LogP contribution >= 0.6 is 0 Å². The lowest BCUT2D eigenvalue weighted by molar-refractivity contribution is 0.301. The van der Waals surface area contributed by atoms with E-state index in [4.69, 9.17) is 0 Å². The molecule has 2 heteroatoms. The molecule has 0 unspecified atom stereocenters. The van der Waals surface area contributed by atoms with E-state index in [9.17, 15) is 10.5 Å². The Morgan fingerprint density at radius 1 is 0.667 bits per heavy atom. The van der Waals surface area contributed by atoms with Crippen molar-refractivity contribution >= 4 is 0 Å². The maximum Gasteiger partial charge on any atom is 0.101 e. The summed E-state index contributed by atoms with van der Waals surface area (Å²) in [7, 11) is 0. The third-order valence-electron chi connectivity index (χ3n) is 8.30. The van der Waals surface area contributed by atoms with Crippen molar-refractivity contribution in [2.24, 2.45) is 5.92 Å². The Bertz CT molecular complexity index is 997. The lowest BCUT2D eigenvalue weighted by Crippen LogP contribution is -2.15. The predicted octanol–water partition coefficient (Wildman–Crippen LogP) is 10.2. The standard InChI is InChI=1S/C34H46N2/c1-3-5-7-9-11-13-27-15-19-29(20-16-27)31-23-24-32(34(26-36)33(31)25-35)30-21-17-28(18-22-30)14-12-10-8-6-4-2/h15-16,19-20,23-24,28,30H,3-14,17-18,21-22H2,1-2H3/t28-,30-. The minimum atomic E-state index is 0.409. The van der Waals surface area contributed by atoms with Gasteiger partial charge in [0.15, 0.2) is 0 Å². The molecule has 0 saturated heterocycles. The van der Waals surface area contributed by atoms with Crippen molar-refractivity contribution in [2.45, 2.75) is 122 Å². The largest absolute Gasteiger partial charge is 0.192 e. The van der Waals surface area contributed by atoms with Crippen LogP contribution in [0.3, 0.4) is 0 Å². The minimum absolute atomic E-state index is 0.409. The summed E-state index contributed by atoms with van der Waals surface area (Å²) in [4.78, 5) is 0. The van der Waals surface area contributed by atoms with Crippen molar-refractivity contribution in [3.63, 3.8) is 0 Å². The smallest absolute Gasteiger partial charge is 0.101 e. The molecule has 36 heavy (non-hydrogen) atoms. The van der Waals surface area contributed by atoms with Gasteiger partial charge >= 0.3 is 0 Å². The van der Waals surface area contributed by atoms with E-state index in [0.29, 0.717) is 17.0 Å². The molecule has 0 N–H and O–H groups in total. The summed E-state index contributed by atoms with van der Waals surface area (Å²) in [6.07, 6.45) is 20.5. The molecular formula is C34H46N2. The van der Waals surface area contributed by atoms with E-state index in [1.165, 1.54) is 89.0 Å². The molecule has 0 aromatic heterocycles. The van der Waals surface area contributed by atoms with Gasteiger partial charge < -0.3 is 0 Å². The summed E-state index contributed by atoms with van der Waals surface area (Å²) in [5.74, 6) is 1.25. The quantitative estimate of drug-likeness (QED) is 0.251. The number of unbranched alkanes of at least 4 members (excludes halogenated alkanes) is 8. The Kier molecular flexibility index (Phi) is 12.1. The van der Waals surface area contributed by atoms with E-state index in [-0.39, 0.29) is 0 Å². The lowest BCUT2D eigenvalue weighted by atomic mass is 9.75. The van der Waals surface area contributed by atoms with Crippen LogP contribution in [0.1, 0.15) is 138 Å². The summed E-state index contributed by atoms with van der Waals surface area (Å²) in [5, 5.41) is 20.1. The van der Waals surface area contributed by atoms with Gasteiger partial charge in [-0.15, -0.1) is 0 Å². The molecule has 0 spiro atoms. The molecule has 0 heterocycles. The Morgan fingerprint density at radius 2 is 1.28 bits per heavy atom. The van der Waals surface area contributed by atoms with Crippen molar-refractivity contribution in [3.05, 3.63) is 58.7 Å². The number of hydrogen-bond acceptors (Lipinski definition) is 2. The summed E-state index contributed by atoms with van der Waals surface area (Å²) in [6, 6.07) is 17.7. The molecule has 3 rings (SSSR count). The monoisotopic (exact) mass is 482 g/mol. The first-order valence-electron chi connectivity index (χ1n) is 14.8. The van der Waals surface area contributed by atoms with Gasteiger partial charge in [0.2, 0.25) is 0 Å². The van der Waals surface area contributed by atoms with Crippen molar-refractivity contribution in [1.29, 1.82) is 10.5 Å². The van der Waals surface area contributed by atoms with Gasteiger partial charge in [0.25, 0.3) is 0 Å². The summed E-state index contributed by atoms with van der Waals surface area (Å²) >= 11 is 0. The van der Waals surface area contributed by atoms with Crippen LogP contribution in [0.5, 0.6) is 0 Å². The zero-order valence-electron chi connectivity index (χ0n) is 22.8. The van der Waals surface area contributed by atoms with E-state index in [2.05, 4.69) is 62.4 Å². The molecule has 2 aromatic rings. The van der Waals surface area contributed by atoms with Gasteiger partial charge in [0.1, 0.15) is 12.1 Å². The Morgan fingerprint density at radius 3 is 1.89 bits per heavy atom. The Labute approximate surface area is 220 Å². The number of nitrogens with zero attached hydrogens (tertiary/aromatic N) is 2. The SMILES string of the molecule is CCCCCCCc1ccc(-c2ccc([C@H]3CC[C@H](CCCCCCC)CC3)c(C#N)c2C#N)cc1. The van der Waals surface area contributed by atoms with Crippen LogP contribution in [0, 0.1) is 28.6 Å². The Hall–Kier alpha value is -2.58. The first-order chi connectivity index (χ1) is 17.7. The van der Waals surface area contributed by atoms with E-state index in [0.717, 1.165) is 41.9 Å². The average Bonchev–Trinajstić information content (AvgIpc) is 2.92. The minimum Gasteiger partial charge on any atom is -0.192 e. The van der Waals surface area contributed by atoms with Crippen LogP contribution in [0.15, 0.2) is 36.4 Å². The molecule has 192 valence electrons. The fourth-order valence-corrected chi connectivity index (χ4v) is 6.02. The molecule has 1 aliphatic carbocycles. The van der Waals surface area contributed by atoms with E-state index >= 15 is 0 Å². The van der Waals surface area contributed by atoms with Crippen molar-refractivity contribution in [3.8, 4) is 23.3 Å². The molecule has 0 atom stereocenters. The molecule has 2 aromatic carbocycles. The second kappa shape index (κ2) is 15.5. The van der Waals surface area contributed by atoms with Crippen LogP contribution in [0.25, 0.3) is 11.1 Å². The summed E-state index contributed by atoms with van der Waals surface area (Å²) in [6.45, 7) is 4.52. The highest BCUT2D eigenvalue weighted by Gasteiger charge is 2.26. The van der Waals surface area contributed by atoms with Crippen LogP contribution in [-0.4, -0.2) is 0 Å². The van der Waals surface area contributed by atoms with Crippen LogP contribution in [-0.2, 0) is 6.42 Å². The molecule has 0 radical (unpaired) electrons. The van der Waals surface area contributed by atoms with Crippen LogP contribution in [0.4, 0.5) is 0 Å². The van der Waals surface area contributed by atoms with Crippen LogP contribution in [0.2, 0.25) is 0 Å². The second-order valence-corrected chi connectivity index (χ2v) is 11.0. The fourth-order valence-electron chi connectivity index (χ4n) is 6.02. The summed E-state index contributed by atoms with van der Waals surface area (Å²) < 4.78 is 0. The van der Waals surface area contributed by atoms with Crippen molar-refractivity contribution in [1.82, 2.24) is 0 Å². The molecule has 0 aliphatic heterocycles. The number of nitriles is 2. The molecule has 0 amide bonds. The molecule has 1 fully saturated rings. The van der Waals surface area contributed by atoms with Crippen molar-refractivity contribution < 1.29 is 0 Å². The highest BCUT2D eigenvalue weighted by molar-refractivity contribution is 5.75. The van der Waals surface area contributed by atoms with Gasteiger partial charge in [0, 0.05) is 5.56 Å². The highest BCUT2D eigenvalue weighted by atomic mass is 14.3. The van der Waals surface area contributed by atoms with Gasteiger partial charge in [-0.05, 0) is 67.1 Å². The van der Waals surface area contributed by atoms with Gasteiger partial charge in [-0.1, -0.05) is 114 Å². The van der Waals surface area contributed by atoms with Gasteiger partial charge in [0.05, 0.1) is 11.1 Å². The predicted molar refractivity (Wildman–Crippen MR) is 152 cm³/mol. The number of hydrogen-bond donors (Lipinski definition) is 0. The lowest BCUT2D eigenvalue weighted by Gasteiger charge is -2.29. The van der Waals surface area contributed by atoms with Gasteiger partial charge in [-0.3, -0.25) is 0 Å². The van der Waals surface area contributed by atoms with Gasteiger partial charge in [-0.25, -0.2) is 0 Å². The zero-order valence-corrected chi connectivity index (χ0v) is 22.8. The average molecular weight is 483 g/mol. The second-order valence-electron chi connectivity index (χ2n) is 11.0.